The maximum absolute atomic E-state index is 7.46. The number of hydrogen-bond donors (Lipinski definition) is 2. The fourth-order valence-corrected chi connectivity index (χ4v) is 1.64. The largest absolute Gasteiger partial charge is 0.382 e. The molecule has 4 nitrogen and oxygen atoms in total. The van der Waals surface area contributed by atoms with Crippen LogP contribution in [0.3, 0.4) is 0 Å². The molecule has 0 aliphatic carbocycles. The molecule has 0 amide bonds. The molecule has 2 heterocycles. The average molecular weight is 188 g/mol. The maximum atomic E-state index is 7.46. The van der Waals surface area contributed by atoms with Crippen LogP contribution in [0.15, 0.2) is 18.3 Å². The van der Waals surface area contributed by atoms with Gasteiger partial charge in [0, 0.05) is 6.20 Å². The number of imidazole rings is 1. The van der Waals surface area contributed by atoms with Gasteiger partial charge in [-0.2, -0.15) is 0 Å². The molecule has 0 aromatic carbocycles. The molecule has 3 N–H and O–H groups in total. The number of nitrogens with zero attached hydrogens (tertiary/aromatic N) is 2. The minimum Gasteiger partial charge on any atom is -0.382 e. The van der Waals surface area contributed by atoms with Gasteiger partial charge in [-0.25, -0.2) is 4.98 Å². The molecule has 2 aromatic heterocycles. The minimum atomic E-state index is 0.0561. The fraction of sp³-hybridized carbons (Fsp3) is 0.200. The Morgan fingerprint density at radius 2 is 2.21 bits per heavy atom. The first-order chi connectivity index (χ1) is 6.61. The van der Waals surface area contributed by atoms with Crippen LogP contribution in [-0.2, 0) is 0 Å². The number of rotatable bonds is 1. The second kappa shape index (κ2) is 2.83. The highest BCUT2D eigenvalue weighted by atomic mass is 15.0. The van der Waals surface area contributed by atoms with E-state index in [1.807, 2.05) is 36.6 Å². The molecular formula is C10H12N4. The van der Waals surface area contributed by atoms with Crippen LogP contribution in [0, 0.1) is 19.3 Å². The first-order valence-electron chi connectivity index (χ1n) is 4.40. The lowest BCUT2D eigenvalue weighted by atomic mass is 10.3. The zero-order chi connectivity index (χ0) is 10.3. The summed E-state index contributed by atoms with van der Waals surface area (Å²) in [5, 5.41) is 7.46. The van der Waals surface area contributed by atoms with E-state index in [2.05, 4.69) is 4.98 Å². The number of pyridine rings is 1. The monoisotopic (exact) mass is 188 g/mol. The SMILES string of the molecule is Cc1nc2c(C)cccn2c1C(=N)N. The van der Waals surface area contributed by atoms with E-state index in [0.29, 0.717) is 5.69 Å². The molecule has 2 rings (SSSR count). The third kappa shape index (κ3) is 1.08. The summed E-state index contributed by atoms with van der Waals surface area (Å²) in [6.45, 7) is 3.86. The Morgan fingerprint density at radius 3 is 2.86 bits per heavy atom. The van der Waals surface area contributed by atoms with Crippen molar-refractivity contribution < 1.29 is 0 Å². The molecule has 0 bridgehead atoms. The number of aromatic nitrogens is 2. The fourth-order valence-electron chi connectivity index (χ4n) is 1.64. The third-order valence-corrected chi connectivity index (χ3v) is 2.27. The van der Waals surface area contributed by atoms with Crippen LogP contribution in [0.4, 0.5) is 0 Å². The van der Waals surface area contributed by atoms with Crippen molar-refractivity contribution in [2.45, 2.75) is 13.8 Å². The van der Waals surface area contributed by atoms with E-state index in [9.17, 15) is 0 Å². The van der Waals surface area contributed by atoms with Crippen LogP contribution in [-0.4, -0.2) is 15.2 Å². The van der Waals surface area contributed by atoms with E-state index in [-0.39, 0.29) is 5.84 Å². The Hall–Kier alpha value is -1.84. The molecule has 0 aliphatic heterocycles. The molecule has 0 spiro atoms. The number of fused-ring (bicyclic) bond motifs is 1. The smallest absolute Gasteiger partial charge is 0.142 e. The van der Waals surface area contributed by atoms with Crippen molar-refractivity contribution >= 4 is 11.5 Å². The molecule has 0 saturated heterocycles. The van der Waals surface area contributed by atoms with E-state index in [0.717, 1.165) is 16.9 Å². The van der Waals surface area contributed by atoms with Crippen molar-refractivity contribution in [3.8, 4) is 0 Å². The predicted octanol–water partition coefficient (Wildman–Crippen LogP) is 1.24. The van der Waals surface area contributed by atoms with Gasteiger partial charge < -0.3 is 5.73 Å². The minimum absolute atomic E-state index is 0.0561. The standard InChI is InChI=1S/C10H12N4/c1-6-4-3-5-14-8(9(11)12)7(2)13-10(6)14/h3-5H,1-2H3,(H3,11,12). The average Bonchev–Trinajstić information content (AvgIpc) is 2.42. The highest BCUT2D eigenvalue weighted by molar-refractivity contribution is 5.95. The molecule has 14 heavy (non-hydrogen) atoms. The van der Waals surface area contributed by atoms with Crippen LogP contribution in [0.25, 0.3) is 5.65 Å². The predicted molar refractivity (Wildman–Crippen MR) is 55.7 cm³/mol. The highest BCUT2D eigenvalue weighted by Crippen LogP contribution is 2.14. The van der Waals surface area contributed by atoms with Crippen molar-refractivity contribution in [1.82, 2.24) is 9.38 Å². The lowest BCUT2D eigenvalue weighted by Crippen LogP contribution is -2.15. The molecular weight excluding hydrogens is 176 g/mol. The van der Waals surface area contributed by atoms with E-state index in [4.69, 9.17) is 11.1 Å². The number of nitrogens with two attached hydrogens (primary N) is 1. The molecule has 2 aromatic rings. The van der Waals surface area contributed by atoms with Crippen molar-refractivity contribution in [3.05, 3.63) is 35.3 Å². The summed E-state index contributed by atoms with van der Waals surface area (Å²) in [6.07, 6.45) is 1.87. The Balaban J connectivity index is 2.90. The summed E-state index contributed by atoms with van der Waals surface area (Å²) in [4.78, 5) is 4.38. The third-order valence-electron chi connectivity index (χ3n) is 2.27. The van der Waals surface area contributed by atoms with Crippen LogP contribution >= 0.6 is 0 Å². The molecule has 0 radical (unpaired) electrons. The van der Waals surface area contributed by atoms with E-state index < -0.39 is 0 Å². The van der Waals surface area contributed by atoms with Gasteiger partial charge in [0.1, 0.15) is 17.2 Å². The van der Waals surface area contributed by atoms with Crippen molar-refractivity contribution in [2.75, 3.05) is 0 Å². The Morgan fingerprint density at radius 1 is 1.50 bits per heavy atom. The summed E-state index contributed by atoms with van der Waals surface area (Å²) in [5.41, 5.74) is 8.94. The van der Waals surface area contributed by atoms with Crippen LogP contribution in [0.5, 0.6) is 0 Å². The van der Waals surface area contributed by atoms with Crippen molar-refractivity contribution in [3.63, 3.8) is 0 Å². The van der Waals surface area contributed by atoms with Gasteiger partial charge >= 0.3 is 0 Å². The molecule has 72 valence electrons. The number of nitrogen functional groups attached to an aromatic ring is 1. The quantitative estimate of drug-likeness (QED) is 0.522. The second-order valence-electron chi connectivity index (χ2n) is 3.34. The molecule has 0 unspecified atom stereocenters. The Bertz CT molecular complexity index is 510. The van der Waals surface area contributed by atoms with E-state index in [1.54, 1.807) is 0 Å². The summed E-state index contributed by atoms with van der Waals surface area (Å²) in [6, 6.07) is 3.92. The number of nitrogens with one attached hydrogen (secondary N) is 1. The van der Waals surface area contributed by atoms with Crippen LogP contribution in [0.2, 0.25) is 0 Å². The summed E-state index contributed by atoms with van der Waals surface area (Å²) in [7, 11) is 0. The van der Waals surface area contributed by atoms with Gasteiger partial charge in [-0.1, -0.05) is 6.07 Å². The topological polar surface area (TPSA) is 67.2 Å². The lowest BCUT2D eigenvalue weighted by Gasteiger charge is -2.00. The molecule has 0 aliphatic rings. The first kappa shape index (κ1) is 8.74. The lowest BCUT2D eigenvalue weighted by molar-refractivity contribution is 1.13. The number of amidine groups is 1. The van der Waals surface area contributed by atoms with Crippen LogP contribution in [0.1, 0.15) is 17.0 Å². The van der Waals surface area contributed by atoms with Gasteiger partial charge in [0.2, 0.25) is 0 Å². The van der Waals surface area contributed by atoms with Gasteiger partial charge in [0.25, 0.3) is 0 Å². The molecule has 0 saturated carbocycles. The number of hydrogen-bond acceptors (Lipinski definition) is 2. The molecule has 4 heteroatoms. The first-order valence-corrected chi connectivity index (χ1v) is 4.40. The van der Waals surface area contributed by atoms with Crippen molar-refractivity contribution in [1.29, 1.82) is 5.41 Å². The molecule has 0 fully saturated rings. The second-order valence-corrected chi connectivity index (χ2v) is 3.34. The summed E-state index contributed by atoms with van der Waals surface area (Å²) < 4.78 is 1.85. The van der Waals surface area contributed by atoms with Crippen LogP contribution < -0.4 is 5.73 Å². The van der Waals surface area contributed by atoms with Gasteiger partial charge in [-0.15, -0.1) is 0 Å². The Labute approximate surface area is 81.9 Å². The number of aryl methyl sites for hydroxylation is 2. The Kier molecular flexibility index (Phi) is 1.77. The highest BCUT2D eigenvalue weighted by Gasteiger charge is 2.11. The zero-order valence-electron chi connectivity index (χ0n) is 8.20. The van der Waals surface area contributed by atoms with E-state index in [1.165, 1.54) is 0 Å². The van der Waals surface area contributed by atoms with E-state index >= 15 is 0 Å². The summed E-state index contributed by atoms with van der Waals surface area (Å²) in [5.74, 6) is 0.0561. The van der Waals surface area contributed by atoms with Gasteiger partial charge in [-0.05, 0) is 25.5 Å². The van der Waals surface area contributed by atoms with Crippen molar-refractivity contribution in [2.24, 2.45) is 5.73 Å². The van der Waals surface area contributed by atoms with Gasteiger partial charge in [0.05, 0.1) is 5.69 Å². The zero-order valence-corrected chi connectivity index (χ0v) is 8.20. The van der Waals surface area contributed by atoms with Gasteiger partial charge in [-0.3, -0.25) is 9.81 Å². The summed E-state index contributed by atoms with van der Waals surface area (Å²) >= 11 is 0. The maximum Gasteiger partial charge on any atom is 0.142 e. The normalized spacial score (nSPS) is 10.7. The van der Waals surface area contributed by atoms with Gasteiger partial charge in [0.15, 0.2) is 0 Å². The molecule has 0 atom stereocenters.